The summed E-state index contributed by atoms with van der Waals surface area (Å²) in [6.07, 6.45) is 0. The highest BCUT2D eigenvalue weighted by atomic mass is 35.5. The molecule has 0 spiro atoms. The van der Waals surface area contributed by atoms with E-state index in [9.17, 15) is 0 Å². The van der Waals surface area contributed by atoms with Crippen molar-refractivity contribution in [3.63, 3.8) is 0 Å². The topological polar surface area (TPSA) is 20.2 Å². The molecule has 0 aliphatic rings. The molecule has 1 aromatic carbocycles. The van der Waals surface area contributed by atoms with Crippen LogP contribution in [0.25, 0.3) is 0 Å². The van der Waals surface area contributed by atoms with Gasteiger partial charge in [0.1, 0.15) is 0 Å². The number of rotatable bonds is 2. The number of benzene rings is 1. The third kappa shape index (κ3) is 2.73. The Hall–Kier alpha value is -0.530. The predicted molar refractivity (Wildman–Crippen MR) is 60.6 cm³/mol. The van der Waals surface area contributed by atoms with Crippen molar-refractivity contribution in [1.29, 1.82) is 0 Å². The van der Waals surface area contributed by atoms with Gasteiger partial charge in [0.05, 0.1) is 6.61 Å². The second-order valence-corrected chi connectivity index (χ2v) is 4.85. The number of hydrogen-bond acceptors (Lipinski definition) is 1. The Kier molecular flexibility index (Phi) is 3.57. The summed E-state index contributed by atoms with van der Waals surface area (Å²) in [4.78, 5) is 0. The fourth-order valence-corrected chi connectivity index (χ4v) is 1.52. The molecule has 0 aromatic heterocycles. The van der Waals surface area contributed by atoms with Crippen LogP contribution in [-0.2, 0) is 17.9 Å². The maximum atomic E-state index is 9.10. The Labute approximate surface area is 90.7 Å². The van der Waals surface area contributed by atoms with Gasteiger partial charge in [-0.2, -0.15) is 0 Å². The van der Waals surface area contributed by atoms with E-state index in [0.717, 1.165) is 11.1 Å². The highest BCUT2D eigenvalue weighted by molar-refractivity contribution is 6.17. The lowest BCUT2D eigenvalue weighted by Gasteiger charge is -2.20. The normalized spacial score (nSPS) is 11.8. The molecular weight excluding hydrogens is 196 g/mol. The first-order chi connectivity index (χ1) is 6.47. The lowest BCUT2D eigenvalue weighted by Crippen LogP contribution is -2.12. The molecule has 1 aromatic rings. The van der Waals surface area contributed by atoms with Crippen LogP contribution in [0.15, 0.2) is 18.2 Å². The Morgan fingerprint density at radius 3 is 2.14 bits per heavy atom. The van der Waals surface area contributed by atoms with Gasteiger partial charge < -0.3 is 5.11 Å². The van der Waals surface area contributed by atoms with E-state index in [-0.39, 0.29) is 12.0 Å². The fraction of sp³-hybridized carbons (Fsp3) is 0.500. The molecule has 14 heavy (non-hydrogen) atoms. The lowest BCUT2D eigenvalue weighted by molar-refractivity contribution is 0.281. The van der Waals surface area contributed by atoms with E-state index >= 15 is 0 Å². The van der Waals surface area contributed by atoms with E-state index in [2.05, 4.69) is 26.8 Å². The predicted octanol–water partition coefficient (Wildman–Crippen LogP) is 3.22. The number of halogens is 1. The van der Waals surface area contributed by atoms with Crippen LogP contribution in [0.2, 0.25) is 0 Å². The highest BCUT2D eigenvalue weighted by Crippen LogP contribution is 2.25. The van der Waals surface area contributed by atoms with E-state index in [1.807, 2.05) is 12.1 Å². The number of aliphatic hydroxyl groups excluding tert-OH is 1. The van der Waals surface area contributed by atoms with E-state index in [1.54, 1.807) is 0 Å². The largest absolute Gasteiger partial charge is 0.392 e. The number of alkyl halides is 1. The molecule has 2 heteroatoms. The van der Waals surface area contributed by atoms with Crippen molar-refractivity contribution < 1.29 is 5.11 Å². The second kappa shape index (κ2) is 4.33. The third-order valence-electron chi connectivity index (χ3n) is 2.26. The van der Waals surface area contributed by atoms with Crippen LogP contribution in [0.5, 0.6) is 0 Å². The van der Waals surface area contributed by atoms with Crippen LogP contribution in [0.3, 0.4) is 0 Å². The van der Waals surface area contributed by atoms with Crippen LogP contribution in [0.1, 0.15) is 37.5 Å². The Balaban J connectivity index is 3.17. The molecule has 1 rings (SSSR count). The van der Waals surface area contributed by atoms with Crippen LogP contribution >= 0.6 is 11.6 Å². The SMILES string of the molecule is CC(C)(C)c1cc(CO)cc(CCl)c1. The van der Waals surface area contributed by atoms with E-state index in [1.165, 1.54) is 5.56 Å². The second-order valence-electron chi connectivity index (χ2n) is 4.58. The molecule has 1 N–H and O–H groups in total. The standard InChI is InChI=1S/C12H17ClO/c1-12(2,3)11-5-9(7-13)4-10(6-11)8-14/h4-6,14H,7-8H2,1-3H3. The summed E-state index contributed by atoms with van der Waals surface area (Å²) < 4.78 is 0. The minimum absolute atomic E-state index is 0.0772. The summed E-state index contributed by atoms with van der Waals surface area (Å²) in [7, 11) is 0. The maximum absolute atomic E-state index is 9.10. The monoisotopic (exact) mass is 212 g/mol. The molecular formula is C12H17ClO. The first-order valence-corrected chi connectivity index (χ1v) is 5.31. The summed E-state index contributed by atoms with van der Waals surface area (Å²) >= 11 is 5.80. The van der Waals surface area contributed by atoms with E-state index in [4.69, 9.17) is 16.7 Å². The molecule has 0 atom stereocenters. The minimum Gasteiger partial charge on any atom is -0.392 e. The smallest absolute Gasteiger partial charge is 0.0682 e. The summed E-state index contributed by atoms with van der Waals surface area (Å²) in [5.41, 5.74) is 3.34. The highest BCUT2D eigenvalue weighted by Gasteiger charge is 2.14. The summed E-state index contributed by atoms with van der Waals surface area (Å²) in [5, 5.41) is 9.10. The summed E-state index contributed by atoms with van der Waals surface area (Å²) in [5.74, 6) is 0.497. The molecule has 78 valence electrons. The van der Waals surface area contributed by atoms with Crippen molar-refractivity contribution in [3.8, 4) is 0 Å². The van der Waals surface area contributed by atoms with Gasteiger partial charge in [0.15, 0.2) is 0 Å². The van der Waals surface area contributed by atoms with Gasteiger partial charge in [0, 0.05) is 5.88 Å². The van der Waals surface area contributed by atoms with Crippen LogP contribution in [0, 0.1) is 0 Å². The van der Waals surface area contributed by atoms with Crippen molar-refractivity contribution in [1.82, 2.24) is 0 Å². The van der Waals surface area contributed by atoms with E-state index < -0.39 is 0 Å². The zero-order valence-corrected chi connectivity index (χ0v) is 9.73. The molecule has 0 aliphatic heterocycles. The van der Waals surface area contributed by atoms with Crippen molar-refractivity contribution in [2.45, 2.75) is 38.7 Å². The molecule has 0 radical (unpaired) electrons. The van der Waals surface area contributed by atoms with Crippen molar-refractivity contribution >= 4 is 11.6 Å². The van der Waals surface area contributed by atoms with Crippen LogP contribution in [-0.4, -0.2) is 5.11 Å². The Morgan fingerprint density at radius 1 is 1.14 bits per heavy atom. The molecule has 0 fully saturated rings. The molecule has 0 saturated carbocycles. The molecule has 0 aliphatic carbocycles. The fourth-order valence-electron chi connectivity index (χ4n) is 1.36. The van der Waals surface area contributed by atoms with Gasteiger partial charge >= 0.3 is 0 Å². The van der Waals surface area contributed by atoms with Gasteiger partial charge in [-0.15, -0.1) is 11.6 Å². The van der Waals surface area contributed by atoms with Gasteiger partial charge in [-0.1, -0.05) is 39.0 Å². The minimum atomic E-state index is 0.0772. The molecule has 0 amide bonds. The Morgan fingerprint density at radius 2 is 1.71 bits per heavy atom. The summed E-state index contributed by atoms with van der Waals surface area (Å²) in [6.45, 7) is 6.54. The van der Waals surface area contributed by atoms with Crippen molar-refractivity contribution in [3.05, 3.63) is 34.9 Å². The molecule has 0 unspecified atom stereocenters. The van der Waals surface area contributed by atoms with Gasteiger partial charge in [0.25, 0.3) is 0 Å². The maximum Gasteiger partial charge on any atom is 0.0682 e. The van der Waals surface area contributed by atoms with Gasteiger partial charge in [-0.25, -0.2) is 0 Å². The first-order valence-electron chi connectivity index (χ1n) is 4.77. The lowest BCUT2D eigenvalue weighted by atomic mass is 9.85. The van der Waals surface area contributed by atoms with Crippen molar-refractivity contribution in [2.24, 2.45) is 0 Å². The average Bonchev–Trinajstić information content (AvgIpc) is 2.15. The van der Waals surface area contributed by atoms with Gasteiger partial charge in [0.2, 0.25) is 0 Å². The molecule has 1 nitrogen and oxygen atoms in total. The Bertz CT molecular complexity index is 290. The number of hydrogen-bond donors (Lipinski definition) is 1. The van der Waals surface area contributed by atoms with Crippen molar-refractivity contribution in [2.75, 3.05) is 0 Å². The third-order valence-corrected chi connectivity index (χ3v) is 2.56. The van der Waals surface area contributed by atoms with Gasteiger partial charge in [-0.3, -0.25) is 0 Å². The van der Waals surface area contributed by atoms with Crippen LogP contribution in [0.4, 0.5) is 0 Å². The van der Waals surface area contributed by atoms with E-state index in [0.29, 0.717) is 5.88 Å². The zero-order chi connectivity index (χ0) is 10.8. The van der Waals surface area contributed by atoms with Gasteiger partial charge in [-0.05, 0) is 22.1 Å². The first kappa shape index (κ1) is 11.5. The molecule has 0 saturated heterocycles. The average molecular weight is 213 g/mol. The quantitative estimate of drug-likeness (QED) is 0.747. The number of aliphatic hydroxyl groups is 1. The zero-order valence-electron chi connectivity index (χ0n) is 8.97. The summed E-state index contributed by atoms with van der Waals surface area (Å²) in [6, 6.07) is 6.09. The molecule has 0 bridgehead atoms. The van der Waals surface area contributed by atoms with Crippen LogP contribution < -0.4 is 0 Å². The molecule has 0 heterocycles.